The van der Waals surface area contributed by atoms with Crippen molar-refractivity contribution in [3.63, 3.8) is 0 Å². The van der Waals surface area contributed by atoms with Gasteiger partial charge in [0.2, 0.25) is 5.91 Å². The van der Waals surface area contributed by atoms with E-state index in [1.807, 2.05) is 6.92 Å². The van der Waals surface area contributed by atoms with Crippen molar-refractivity contribution in [3.8, 4) is 0 Å². The molecule has 0 aromatic heterocycles. The normalized spacial score (nSPS) is 11.1. The van der Waals surface area contributed by atoms with Gasteiger partial charge in [-0.15, -0.1) is 0 Å². The van der Waals surface area contributed by atoms with Crippen LogP contribution in [0.2, 0.25) is 5.02 Å². The number of hydrogen-bond donors (Lipinski definition) is 1. The van der Waals surface area contributed by atoms with Crippen molar-refractivity contribution in [2.75, 3.05) is 23.3 Å². The summed E-state index contributed by atoms with van der Waals surface area (Å²) in [4.78, 5) is 25.0. The number of aryl methyl sites for hydroxylation is 2. The van der Waals surface area contributed by atoms with Crippen LogP contribution >= 0.6 is 11.6 Å². The number of carbonyl (C=O) groups excluding carboxylic acids is 2. The van der Waals surface area contributed by atoms with Crippen LogP contribution < -0.4 is 9.62 Å². The largest absolute Gasteiger partial charge is 0.465 e. The summed E-state index contributed by atoms with van der Waals surface area (Å²) in [6.07, 6.45) is 0. The van der Waals surface area contributed by atoms with Crippen LogP contribution in [-0.4, -0.2) is 33.9 Å². The first-order valence-corrected chi connectivity index (χ1v) is 12.2. The third-order valence-corrected chi connectivity index (χ3v) is 7.55. The standard InChI is InChI=1S/C25H25ClN2O5S/c1-16-8-12-20(13-9-16)34(31,32)28(19-11-10-17(2)22(26)14-19)15-24(29)27-23-7-5-6-21(18(23)3)25(30)33-4/h5-14H,15H2,1-4H3,(H,27,29). The molecule has 0 saturated heterocycles. The number of sulfonamides is 1. The molecule has 0 aliphatic rings. The average Bonchev–Trinajstić information content (AvgIpc) is 2.80. The Morgan fingerprint density at radius 3 is 2.29 bits per heavy atom. The highest BCUT2D eigenvalue weighted by Crippen LogP contribution is 2.28. The zero-order valence-corrected chi connectivity index (χ0v) is 20.8. The van der Waals surface area contributed by atoms with E-state index in [1.54, 1.807) is 56.3 Å². The number of methoxy groups -OCH3 is 1. The molecule has 7 nitrogen and oxygen atoms in total. The van der Waals surface area contributed by atoms with Gasteiger partial charge in [-0.05, 0) is 68.3 Å². The van der Waals surface area contributed by atoms with Crippen LogP contribution in [0.15, 0.2) is 65.6 Å². The Bertz CT molecular complexity index is 1340. The Morgan fingerprint density at radius 1 is 1.00 bits per heavy atom. The van der Waals surface area contributed by atoms with E-state index in [0.29, 0.717) is 21.8 Å². The molecular weight excluding hydrogens is 476 g/mol. The number of esters is 1. The van der Waals surface area contributed by atoms with Crippen LogP contribution in [-0.2, 0) is 19.6 Å². The number of nitrogens with one attached hydrogen (secondary N) is 1. The van der Waals surface area contributed by atoms with E-state index in [4.69, 9.17) is 16.3 Å². The lowest BCUT2D eigenvalue weighted by atomic mass is 10.1. The molecule has 3 aromatic carbocycles. The van der Waals surface area contributed by atoms with E-state index in [0.717, 1.165) is 15.4 Å². The van der Waals surface area contributed by atoms with Crippen molar-refractivity contribution in [2.24, 2.45) is 0 Å². The van der Waals surface area contributed by atoms with Gasteiger partial charge in [-0.25, -0.2) is 13.2 Å². The van der Waals surface area contributed by atoms with Crippen LogP contribution in [0.1, 0.15) is 27.0 Å². The number of benzene rings is 3. The molecule has 1 N–H and O–H groups in total. The van der Waals surface area contributed by atoms with Crippen molar-refractivity contribution in [1.29, 1.82) is 0 Å². The van der Waals surface area contributed by atoms with Crippen LogP contribution in [0.3, 0.4) is 0 Å². The van der Waals surface area contributed by atoms with Gasteiger partial charge in [-0.2, -0.15) is 0 Å². The van der Waals surface area contributed by atoms with Crippen LogP contribution in [0.25, 0.3) is 0 Å². The molecule has 0 saturated carbocycles. The van der Waals surface area contributed by atoms with Crippen LogP contribution in [0.5, 0.6) is 0 Å². The highest BCUT2D eigenvalue weighted by Gasteiger charge is 2.28. The van der Waals surface area contributed by atoms with Gasteiger partial charge in [0.15, 0.2) is 0 Å². The summed E-state index contributed by atoms with van der Waals surface area (Å²) in [5.74, 6) is -1.12. The number of hydrogen-bond acceptors (Lipinski definition) is 5. The predicted octanol–water partition coefficient (Wildman–Crippen LogP) is 4.89. The summed E-state index contributed by atoms with van der Waals surface area (Å²) in [6, 6.07) is 16.0. The van der Waals surface area contributed by atoms with E-state index < -0.39 is 28.4 Å². The van der Waals surface area contributed by atoms with E-state index in [1.165, 1.54) is 25.3 Å². The summed E-state index contributed by atoms with van der Waals surface area (Å²) in [6.45, 7) is 4.82. The molecule has 0 aliphatic carbocycles. The van der Waals surface area contributed by atoms with Gasteiger partial charge in [0, 0.05) is 10.7 Å². The highest BCUT2D eigenvalue weighted by atomic mass is 35.5. The maximum absolute atomic E-state index is 13.5. The van der Waals surface area contributed by atoms with Gasteiger partial charge in [0.05, 0.1) is 23.3 Å². The third-order valence-electron chi connectivity index (χ3n) is 5.35. The smallest absolute Gasteiger partial charge is 0.338 e. The lowest BCUT2D eigenvalue weighted by Crippen LogP contribution is -2.38. The topological polar surface area (TPSA) is 92.8 Å². The molecule has 0 atom stereocenters. The maximum Gasteiger partial charge on any atom is 0.338 e. The minimum Gasteiger partial charge on any atom is -0.465 e. The maximum atomic E-state index is 13.5. The van der Waals surface area contributed by atoms with Gasteiger partial charge in [-0.3, -0.25) is 9.10 Å². The molecule has 0 aliphatic heterocycles. The van der Waals surface area contributed by atoms with Gasteiger partial charge in [0.25, 0.3) is 10.0 Å². The molecule has 3 rings (SSSR count). The van der Waals surface area contributed by atoms with Gasteiger partial charge in [0.1, 0.15) is 6.54 Å². The van der Waals surface area contributed by atoms with Crippen molar-refractivity contribution >= 4 is 44.9 Å². The fourth-order valence-corrected chi connectivity index (χ4v) is 4.90. The average molecular weight is 501 g/mol. The first-order valence-electron chi connectivity index (χ1n) is 10.4. The number of carbonyl (C=O) groups is 2. The fraction of sp³-hybridized carbons (Fsp3) is 0.200. The van der Waals surface area contributed by atoms with Crippen LogP contribution in [0, 0.1) is 20.8 Å². The monoisotopic (exact) mass is 500 g/mol. The van der Waals surface area contributed by atoms with Crippen LogP contribution in [0.4, 0.5) is 11.4 Å². The number of rotatable bonds is 7. The molecule has 0 fully saturated rings. The second-order valence-corrected chi connectivity index (χ2v) is 10.0. The Hall–Kier alpha value is -3.36. The number of amides is 1. The Labute approximate surface area is 204 Å². The predicted molar refractivity (Wildman–Crippen MR) is 133 cm³/mol. The first-order chi connectivity index (χ1) is 16.0. The minimum atomic E-state index is -4.08. The summed E-state index contributed by atoms with van der Waals surface area (Å²) >= 11 is 6.26. The van der Waals surface area contributed by atoms with Gasteiger partial charge in [-0.1, -0.05) is 41.4 Å². The summed E-state index contributed by atoms with van der Waals surface area (Å²) < 4.78 is 32.8. The minimum absolute atomic E-state index is 0.0477. The van der Waals surface area contributed by atoms with Gasteiger partial charge < -0.3 is 10.1 Å². The summed E-state index contributed by atoms with van der Waals surface area (Å²) in [7, 11) is -2.81. The summed E-state index contributed by atoms with van der Waals surface area (Å²) in [5.41, 5.74) is 3.12. The molecule has 34 heavy (non-hydrogen) atoms. The zero-order chi connectivity index (χ0) is 25.0. The fourth-order valence-electron chi connectivity index (χ4n) is 3.31. The Kier molecular flexibility index (Phi) is 7.64. The number of halogens is 1. The quantitative estimate of drug-likeness (QED) is 0.466. The molecule has 0 spiro atoms. The molecule has 1 amide bonds. The number of anilines is 2. The summed E-state index contributed by atoms with van der Waals surface area (Å²) in [5, 5.41) is 3.08. The highest BCUT2D eigenvalue weighted by molar-refractivity contribution is 7.92. The Balaban J connectivity index is 1.98. The zero-order valence-electron chi connectivity index (χ0n) is 19.3. The number of ether oxygens (including phenoxy) is 1. The van der Waals surface area contributed by atoms with E-state index in [9.17, 15) is 18.0 Å². The van der Waals surface area contributed by atoms with Crippen molar-refractivity contribution in [2.45, 2.75) is 25.7 Å². The Morgan fingerprint density at radius 2 is 1.68 bits per heavy atom. The molecule has 0 bridgehead atoms. The molecule has 3 aromatic rings. The number of nitrogens with zero attached hydrogens (tertiary/aromatic N) is 1. The molecular formula is C25H25ClN2O5S. The van der Waals surface area contributed by atoms with E-state index >= 15 is 0 Å². The third kappa shape index (κ3) is 5.40. The molecule has 0 unspecified atom stereocenters. The van der Waals surface area contributed by atoms with Crippen molar-refractivity contribution in [1.82, 2.24) is 0 Å². The lowest BCUT2D eigenvalue weighted by molar-refractivity contribution is -0.114. The lowest BCUT2D eigenvalue weighted by Gasteiger charge is -2.25. The molecule has 0 radical (unpaired) electrons. The van der Waals surface area contributed by atoms with Crippen molar-refractivity contribution in [3.05, 3.63) is 87.9 Å². The second kappa shape index (κ2) is 10.3. The van der Waals surface area contributed by atoms with Gasteiger partial charge >= 0.3 is 5.97 Å². The molecule has 9 heteroatoms. The first kappa shape index (κ1) is 25.3. The van der Waals surface area contributed by atoms with E-state index in [2.05, 4.69) is 5.32 Å². The second-order valence-electron chi connectivity index (χ2n) is 7.78. The van der Waals surface area contributed by atoms with Crippen molar-refractivity contribution < 1.29 is 22.7 Å². The molecule has 178 valence electrons. The van der Waals surface area contributed by atoms with E-state index in [-0.39, 0.29) is 10.6 Å². The SMILES string of the molecule is COC(=O)c1cccc(NC(=O)CN(c2ccc(C)c(Cl)c2)S(=O)(=O)c2ccc(C)cc2)c1C. The molecule has 0 heterocycles.